The Bertz CT molecular complexity index is 444. The second-order valence-electron chi connectivity index (χ2n) is 6.28. The van der Waals surface area contributed by atoms with E-state index in [1.807, 2.05) is 11.8 Å². The molecule has 0 spiro atoms. The van der Waals surface area contributed by atoms with Crippen molar-refractivity contribution in [1.29, 1.82) is 0 Å². The first kappa shape index (κ1) is 19.7. The van der Waals surface area contributed by atoms with E-state index in [2.05, 4.69) is 5.32 Å². The summed E-state index contributed by atoms with van der Waals surface area (Å²) in [6.45, 7) is 4.53. The molecule has 2 rings (SSSR count). The summed E-state index contributed by atoms with van der Waals surface area (Å²) in [7, 11) is -3.27. The summed E-state index contributed by atoms with van der Waals surface area (Å²) in [6, 6.07) is 0.206. The van der Waals surface area contributed by atoms with Crippen molar-refractivity contribution in [2.75, 3.05) is 25.4 Å². The summed E-state index contributed by atoms with van der Waals surface area (Å²) in [5.41, 5.74) is 0. The first-order valence-corrected chi connectivity index (χ1v) is 9.98. The number of amides is 1. The average Bonchev–Trinajstić information content (AvgIpc) is 3.00. The van der Waals surface area contributed by atoms with Gasteiger partial charge in [-0.25, -0.2) is 8.42 Å². The molecule has 22 heavy (non-hydrogen) atoms. The number of halogens is 1. The molecule has 1 heterocycles. The highest BCUT2D eigenvalue weighted by molar-refractivity contribution is 7.92. The first-order chi connectivity index (χ1) is 10.0. The standard InChI is InChI=1S/C15H28N2O3S.ClH/c1-2-11-17(13-7-9-16-10-8-13)15(18)12-21(19,20)14-5-3-4-6-14;/h13-14,16H,2-12H2,1H3;1H. The monoisotopic (exact) mass is 352 g/mol. The van der Waals surface area contributed by atoms with Crippen LogP contribution >= 0.6 is 12.4 Å². The summed E-state index contributed by atoms with van der Waals surface area (Å²) in [4.78, 5) is 14.4. The van der Waals surface area contributed by atoms with Crippen molar-refractivity contribution < 1.29 is 13.2 Å². The van der Waals surface area contributed by atoms with Gasteiger partial charge in [-0.1, -0.05) is 19.8 Å². The maximum Gasteiger partial charge on any atom is 0.238 e. The number of nitrogens with one attached hydrogen (secondary N) is 1. The van der Waals surface area contributed by atoms with Gasteiger partial charge in [-0.3, -0.25) is 4.79 Å². The highest BCUT2D eigenvalue weighted by Gasteiger charge is 2.33. The molecule has 1 saturated carbocycles. The second-order valence-corrected chi connectivity index (χ2v) is 8.56. The van der Waals surface area contributed by atoms with E-state index in [4.69, 9.17) is 0 Å². The van der Waals surface area contributed by atoms with E-state index in [1.165, 1.54) is 0 Å². The largest absolute Gasteiger partial charge is 0.339 e. The minimum Gasteiger partial charge on any atom is -0.339 e. The van der Waals surface area contributed by atoms with Crippen LogP contribution in [-0.4, -0.2) is 55.9 Å². The Hall–Kier alpha value is -0.330. The van der Waals surface area contributed by atoms with E-state index >= 15 is 0 Å². The van der Waals surface area contributed by atoms with Crippen LogP contribution < -0.4 is 5.32 Å². The topological polar surface area (TPSA) is 66.5 Å². The highest BCUT2D eigenvalue weighted by atomic mass is 35.5. The van der Waals surface area contributed by atoms with Gasteiger partial charge in [0.1, 0.15) is 5.75 Å². The fraction of sp³-hybridized carbons (Fsp3) is 0.933. The van der Waals surface area contributed by atoms with Crippen molar-refractivity contribution in [2.24, 2.45) is 0 Å². The summed E-state index contributed by atoms with van der Waals surface area (Å²) in [5.74, 6) is -0.475. The molecule has 0 bridgehead atoms. The molecule has 2 fully saturated rings. The Labute approximate surface area is 140 Å². The number of nitrogens with zero attached hydrogens (tertiary/aromatic N) is 1. The molecule has 5 nitrogen and oxygen atoms in total. The number of hydrogen-bond acceptors (Lipinski definition) is 4. The Kier molecular flexibility index (Phi) is 8.14. The summed E-state index contributed by atoms with van der Waals surface area (Å²) in [6.07, 6.45) is 6.15. The Morgan fingerprint density at radius 3 is 2.27 bits per heavy atom. The van der Waals surface area contributed by atoms with E-state index in [1.54, 1.807) is 0 Å². The van der Waals surface area contributed by atoms with E-state index in [9.17, 15) is 13.2 Å². The molecule has 0 aromatic carbocycles. The smallest absolute Gasteiger partial charge is 0.238 e. The van der Waals surface area contributed by atoms with Crippen molar-refractivity contribution >= 4 is 28.2 Å². The van der Waals surface area contributed by atoms with Crippen LogP contribution in [0.4, 0.5) is 0 Å². The lowest BCUT2D eigenvalue weighted by molar-refractivity contribution is -0.131. The van der Waals surface area contributed by atoms with Crippen LogP contribution in [0.2, 0.25) is 0 Å². The van der Waals surface area contributed by atoms with Crippen LogP contribution in [0.15, 0.2) is 0 Å². The number of piperidine rings is 1. The quantitative estimate of drug-likeness (QED) is 0.791. The van der Waals surface area contributed by atoms with Crippen molar-refractivity contribution in [3.8, 4) is 0 Å². The van der Waals surface area contributed by atoms with Gasteiger partial charge in [0.15, 0.2) is 9.84 Å². The van der Waals surface area contributed by atoms with Gasteiger partial charge in [0.2, 0.25) is 5.91 Å². The van der Waals surface area contributed by atoms with E-state index in [-0.39, 0.29) is 35.4 Å². The predicted molar refractivity (Wildman–Crippen MR) is 91.2 cm³/mol. The molecular formula is C15H29ClN2O3S. The minimum absolute atomic E-state index is 0. The summed E-state index contributed by atoms with van der Waals surface area (Å²) in [5, 5.41) is 3.01. The Morgan fingerprint density at radius 1 is 1.14 bits per heavy atom. The maximum absolute atomic E-state index is 12.5. The van der Waals surface area contributed by atoms with Gasteiger partial charge in [-0.2, -0.15) is 0 Å². The molecular weight excluding hydrogens is 324 g/mol. The third-order valence-electron chi connectivity index (χ3n) is 4.67. The second kappa shape index (κ2) is 9.08. The fourth-order valence-corrected chi connectivity index (χ4v) is 5.29. The van der Waals surface area contributed by atoms with Gasteiger partial charge in [-0.05, 0) is 45.2 Å². The van der Waals surface area contributed by atoms with E-state index < -0.39 is 9.84 Å². The van der Waals surface area contributed by atoms with Crippen molar-refractivity contribution in [3.63, 3.8) is 0 Å². The van der Waals surface area contributed by atoms with Gasteiger partial charge in [0.05, 0.1) is 5.25 Å². The molecule has 7 heteroatoms. The number of rotatable bonds is 6. The number of sulfone groups is 1. The van der Waals surface area contributed by atoms with Crippen molar-refractivity contribution in [3.05, 3.63) is 0 Å². The van der Waals surface area contributed by atoms with E-state index in [0.717, 1.165) is 58.0 Å². The van der Waals surface area contributed by atoms with Crippen molar-refractivity contribution in [1.82, 2.24) is 10.2 Å². The summed E-state index contributed by atoms with van der Waals surface area (Å²) >= 11 is 0. The zero-order valence-corrected chi connectivity index (χ0v) is 15.1. The van der Waals surface area contributed by atoms with Crippen LogP contribution in [-0.2, 0) is 14.6 Å². The molecule has 1 saturated heterocycles. The average molecular weight is 353 g/mol. The molecule has 0 aromatic rings. The molecule has 130 valence electrons. The molecule has 2 aliphatic rings. The number of hydrogen-bond donors (Lipinski definition) is 1. The molecule has 1 aliphatic heterocycles. The molecule has 0 aromatic heterocycles. The normalized spacial score (nSPS) is 20.6. The lowest BCUT2D eigenvalue weighted by atomic mass is 10.0. The van der Waals surface area contributed by atoms with E-state index in [0.29, 0.717) is 6.54 Å². The van der Waals surface area contributed by atoms with Crippen LogP contribution in [0, 0.1) is 0 Å². The molecule has 0 atom stereocenters. The van der Waals surface area contributed by atoms with Crippen LogP contribution in [0.5, 0.6) is 0 Å². The lowest BCUT2D eigenvalue weighted by Gasteiger charge is -2.34. The third kappa shape index (κ3) is 5.10. The van der Waals surface area contributed by atoms with Crippen molar-refractivity contribution in [2.45, 2.75) is 63.2 Å². The first-order valence-electron chi connectivity index (χ1n) is 8.26. The lowest BCUT2D eigenvalue weighted by Crippen LogP contribution is -2.48. The predicted octanol–water partition coefficient (Wildman–Crippen LogP) is 1.76. The van der Waals surface area contributed by atoms with Gasteiger partial charge in [0, 0.05) is 12.6 Å². The minimum atomic E-state index is -3.27. The Morgan fingerprint density at radius 2 is 1.73 bits per heavy atom. The van der Waals surface area contributed by atoms with Gasteiger partial charge in [-0.15, -0.1) is 12.4 Å². The fourth-order valence-electron chi connectivity index (χ4n) is 3.49. The van der Waals surface area contributed by atoms with Crippen LogP contribution in [0.25, 0.3) is 0 Å². The summed E-state index contributed by atoms with van der Waals surface area (Å²) < 4.78 is 24.7. The number of carbonyl (C=O) groups is 1. The maximum atomic E-state index is 12.5. The molecule has 0 radical (unpaired) electrons. The Balaban J connectivity index is 0.00000242. The molecule has 1 N–H and O–H groups in total. The van der Waals surface area contributed by atoms with Gasteiger partial charge >= 0.3 is 0 Å². The molecule has 0 unspecified atom stereocenters. The zero-order chi connectivity index (χ0) is 15.3. The zero-order valence-electron chi connectivity index (χ0n) is 13.4. The van der Waals surface area contributed by atoms with Gasteiger partial charge < -0.3 is 10.2 Å². The SMILES string of the molecule is CCCN(C(=O)CS(=O)(=O)C1CCCC1)C1CCNCC1.Cl. The highest BCUT2D eigenvalue weighted by Crippen LogP contribution is 2.25. The third-order valence-corrected chi connectivity index (χ3v) is 6.81. The molecule has 1 amide bonds. The van der Waals surface area contributed by atoms with Crippen LogP contribution in [0.1, 0.15) is 51.9 Å². The van der Waals surface area contributed by atoms with Gasteiger partial charge in [0.25, 0.3) is 0 Å². The molecule has 1 aliphatic carbocycles. The number of carbonyl (C=O) groups excluding carboxylic acids is 1. The van der Waals surface area contributed by atoms with Crippen LogP contribution in [0.3, 0.4) is 0 Å².